The molecule has 1 atom stereocenters. The zero-order valence-corrected chi connectivity index (χ0v) is 17.1. The Bertz CT molecular complexity index is 932. The topological polar surface area (TPSA) is 56.8 Å². The van der Waals surface area contributed by atoms with Gasteiger partial charge in [0.1, 0.15) is 0 Å². The van der Waals surface area contributed by atoms with E-state index >= 15 is 0 Å². The van der Waals surface area contributed by atoms with E-state index in [0.29, 0.717) is 21.7 Å². The number of ether oxygens (including phenoxy) is 3. The molecule has 0 saturated carbocycles. The van der Waals surface area contributed by atoms with Gasteiger partial charge in [-0.25, -0.2) is 0 Å². The molecule has 0 aliphatic carbocycles. The fourth-order valence-corrected chi connectivity index (χ4v) is 4.33. The molecule has 0 radical (unpaired) electrons. The molecule has 1 N–H and O–H groups in total. The summed E-state index contributed by atoms with van der Waals surface area (Å²) in [6, 6.07) is 7.61. The Labute approximate surface area is 165 Å². The van der Waals surface area contributed by atoms with E-state index in [9.17, 15) is 4.79 Å². The maximum Gasteiger partial charge on any atom is 0.287 e. The molecule has 0 spiro atoms. The number of benzene rings is 2. The van der Waals surface area contributed by atoms with E-state index < -0.39 is 6.04 Å². The van der Waals surface area contributed by atoms with Gasteiger partial charge in [0, 0.05) is 12.1 Å². The van der Waals surface area contributed by atoms with E-state index in [2.05, 4.69) is 19.4 Å². The molecule has 0 saturated heterocycles. The van der Waals surface area contributed by atoms with E-state index in [1.165, 1.54) is 0 Å². The van der Waals surface area contributed by atoms with Gasteiger partial charge in [0.25, 0.3) is 5.91 Å². The van der Waals surface area contributed by atoms with Gasteiger partial charge in [-0.1, -0.05) is 18.2 Å². The van der Waals surface area contributed by atoms with Crippen LogP contribution in [0.4, 0.5) is 5.69 Å². The minimum atomic E-state index is -0.410. The second-order valence-electron chi connectivity index (χ2n) is 8.13. The van der Waals surface area contributed by atoms with Crippen LogP contribution in [0.15, 0.2) is 24.3 Å². The van der Waals surface area contributed by atoms with Crippen LogP contribution in [-0.2, 0) is 11.2 Å². The molecule has 2 heterocycles. The number of anilines is 1. The molecule has 6 nitrogen and oxygen atoms in total. The van der Waals surface area contributed by atoms with Gasteiger partial charge in [0.15, 0.2) is 17.5 Å². The van der Waals surface area contributed by atoms with Crippen molar-refractivity contribution in [2.45, 2.75) is 26.3 Å². The van der Waals surface area contributed by atoms with Gasteiger partial charge in [-0.2, -0.15) is 0 Å². The summed E-state index contributed by atoms with van der Waals surface area (Å²) in [5.74, 6) is 1.85. The minimum Gasteiger partial charge on any atom is -0.492 e. The highest BCUT2D eigenvalue weighted by Crippen LogP contribution is 2.50. The second-order valence-corrected chi connectivity index (χ2v) is 8.13. The van der Waals surface area contributed by atoms with Crippen LogP contribution in [-0.4, -0.2) is 44.9 Å². The largest absolute Gasteiger partial charge is 0.492 e. The van der Waals surface area contributed by atoms with Crippen molar-refractivity contribution < 1.29 is 23.5 Å². The molecule has 2 aliphatic heterocycles. The molecular weight excluding hydrogens is 356 g/mol. The Hall–Kier alpha value is -2.73. The lowest BCUT2D eigenvalue weighted by Crippen LogP contribution is -2.52. The van der Waals surface area contributed by atoms with Gasteiger partial charge in [0.05, 0.1) is 33.3 Å². The Morgan fingerprint density at radius 2 is 1.93 bits per heavy atom. The molecule has 148 valence electrons. The highest BCUT2D eigenvalue weighted by atomic mass is 16.7. The van der Waals surface area contributed by atoms with Crippen LogP contribution in [0.25, 0.3) is 0 Å². The number of rotatable bonds is 3. The van der Waals surface area contributed by atoms with Crippen molar-refractivity contribution in [2.24, 2.45) is 0 Å². The standard InChI is InChI=1S/C22H26N2O4/c1-13-7-6-8-14(2)18(13)23-22(25)19-17-15(9-10-24(19,3)4)11-16-20(21(17)26-5)28-12-27-16/h6-8,11,19H,9-10,12H2,1-5H3/p+1/t19-/m0/s1. The number of hydrogen-bond donors (Lipinski definition) is 1. The lowest BCUT2D eigenvalue weighted by atomic mass is 9.88. The Morgan fingerprint density at radius 3 is 2.61 bits per heavy atom. The van der Waals surface area contributed by atoms with Crippen molar-refractivity contribution in [3.63, 3.8) is 0 Å². The third-order valence-electron chi connectivity index (χ3n) is 5.86. The van der Waals surface area contributed by atoms with Crippen LogP contribution < -0.4 is 19.5 Å². The average Bonchev–Trinajstić information content (AvgIpc) is 3.10. The highest BCUT2D eigenvalue weighted by Gasteiger charge is 2.45. The predicted molar refractivity (Wildman–Crippen MR) is 107 cm³/mol. The first-order chi connectivity index (χ1) is 13.3. The van der Waals surface area contributed by atoms with Gasteiger partial charge >= 0.3 is 0 Å². The number of quaternary nitrogens is 1. The zero-order valence-electron chi connectivity index (χ0n) is 17.1. The number of hydrogen-bond acceptors (Lipinski definition) is 4. The van der Waals surface area contributed by atoms with E-state index in [-0.39, 0.29) is 12.7 Å². The van der Waals surface area contributed by atoms with Crippen LogP contribution in [0.5, 0.6) is 17.2 Å². The molecule has 2 aliphatic rings. The van der Waals surface area contributed by atoms with Gasteiger partial charge in [-0.05, 0) is 36.6 Å². The summed E-state index contributed by atoms with van der Waals surface area (Å²) in [5, 5.41) is 3.18. The molecular formula is C22H27N2O4+. The number of methoxy groups -OCH3 is 1. The maximum absolute atomic E-state index is 13.6. The van der Waals surface area contributed by atoms with Crippen molar-refractivity contribution in [3.8, 4) is 17.2 Å². The first kappa shape index (κ1) is 18.6. The second kappa shape index (κ2) is 6.71. The quantitative estimate of drug-likeness (QED) is 0.826. The average molecular weight is 383 g/mol. The van der Waals surface area contributed by atoms with Crippen molar-refractivity contribution in [2.75, 3.05) is 39.9 Å². The fourth-order valence-electron chi connectivity index (χ4n) is 4.33. The number of carbonyl (C=O) groups is 1. The Morgan fingerprint density at radius 1 is 1.21 bits per heavy atom. The van der Waals surface area contributed by atoms with Gasteiger partial charge in [-0.3, -0.25) is 4.79 Å². The lowest BCUT2D eigenvalue weighted by Gasteiger charge is -2.42. The predicted octanol–water partition coefficient (Wildman–Crippen LogP) is 3.35. The normalized spacial score (nSPS) is 19.1. The first-order valence-corrected chi connectivity index (χ1v) is 9.52. The van der Waals surface area contributed by atoms with E-state index in [1.807, 2.05) is 38.1 Å². The number of likely N-dealkylation sites (N-methyl/N-ethyl adjacent to an activating group) is 1. The van der Waals surface area contributed by atoms with Crippen molar-refractivity contribution >= 4 is 11.6 Å². The number of carbonyl (C=O) groups excluding carboxylic acids is 1. The molecule has 0 bridgehead atoms. The molecule has 1 amide bonds. The summed E-state index contributed by atoms with van der Waals surface area (Å²) < 4.78 is 17.5. The highest BCUT2D eigenvalue weighted by molar-refractivity contribution is 5.97. The third kappa shape index (κ3) is 2.88. The fraction of sp³-hybridized carbons (Fsp3) is 0.409. The van der Waals surface area contributed by atoms with Gasteiger partial charge in [0.2, 0.25) is 12.5 Å². The molecule has 0 aromatic heterocycles. The van der Waals surface area contributed by atoms with Crippen molar-refractivity contribution in [3.05, 3.63) is 46.5 Å². The van der Waals surface area contributed by atoms with Crippen molar-refractivity contribution in [1.29, 1.82) is 0 Å². The zero-order chi connectivity index (χ0) is 20.1. The summed E-state index contributed by atoms with van der Waals surface area (Å²) in [6.45, 7) is 5.04. The SMILES string of the molecule is COc1c2c(cc3c1[C@@H](C(=O)Nc1c(C)cccc1C)[N+](C)(C)CC3)OCO2. The minimum absolute atomic E-state index is 0.0412. The Balaban J connectivity index is 1.82. The van der Waals surface area contributed by atoms with E-state index in [1.54, 1.807) is 7.11 Å². The molecule has 0 fully saturated rings. The van der Waals surface area contributed by atoms with Crippen molar-refractivity contribution in [1.82, 2.24) is 0 Å². The summed E-state index contributed by atoms with van der Waals surface area (Å²) in [6.07, 6.45) is 0.850. The molecule has 6 heteroatoms. The number of aryl methyl sites for hydroxylation is 2. The number of fused-ring (bicyclic) bond motifs is 2. The van der Waals surface area contributed by atoms with E-state index in [4.69, 9.17) is 14.2 Å². The molecule has 0 unspecified atom stereocenters. The summed E-state index contributed by atoms with van der Waals surface area (Å²) in [5.41, 5.74) is 4.95. The van der Waals surface area contributed by atoms with Crippen LogP contribution in [0.3, 0.4) is 0 Å². The Kier molecular flexibility index (Phi) is 4.46. The smallest absolute Gasteiger partial charge is 0.287 e. The number of nitrogens with one attached hydrogen (secondary N) is 1. The number of para-hydroxylation sites is 1. The first-order valence-electron chi connectivity index (χ1n) is 9.52. The summed E-state index contributed by atoms with van der Waals surface area (Å²) >= 11 is 0. The van der Waals surface area contributed by atoms with Gasteiger partial charge < -0.3 is 24.0 Å². The van der Waals surface area contributed by atoms with Gasteiger partial charge in [-0.15, -0.1) is 0 Å². The number of nitrogens with zero attached hydrogens (tertiary/aromatic N) is 1. The van der Waals surface area contributed by atoms with Crippen LogP contribution in [0.1, 0.15) is 28.3 Å². The van der Waals surface area contributed by atoms with Crippen LogP contribution >= 0.6 is 0 Å². The lowest BCUT2D eigenvalue weighted by molar-refractivity contribution is -0.913. The third-order valence-corrected chi connectivity index (χ3v) is 5.86. The molecule has 28 heavy (non-hydrogen) atoms. The molecule has 2 aromatic carbocycles. The molecule has 2 aromatic rings. The monoisotopic (exact) mass is 383 g/mol. The summed E-state index contributed by atoms with van der Waals surface area (Å²) in [7, 11) is 5.79. The maximum atomic E-state index is 13.6. The van der Waals surface area contributed by atoms with E-state index in [0.717, 1.165) is 40.9 Å². The summed E-state index contributed by atoms with van der Waals surface area (Å²) in [4.78, 5) is 13.6. The number of amides is 1. The van der Waals surface area contributed by atoms with Crippen LogP contribution in [0, 0.1) is 13.8 Å². The van der Waals surface area contributed by atoms with Crippen LogP contribution in [0.2, 0.25) is 0 Å². The molecule has 4 rings (SSSR count).